The molecule has 2 heterocycles. The van der Waals surface area contributed by atoms with E-state index in [9.17, 15) is 13.2 Å². The van der Waals surface area contributed by atoms with Crippen molar-refractivity contribution in [3.63, 3.8) is 0 Å². The van der Waals surface area contributed by atoms with Crippen molar-refractivity contribution in [3.8, 4) is 0 Å². The van der Waals surface area contributed by atoms with E-state index in [4.69, 9.17) is 4.74 Å². The number of rotatable bonds is 6. The number of ether oxygens (including phenoxy) is 1. The van der Waals surface area contributed by atoms with Crippen LogP contribution in [0.3, 0.4) is 0 Å². The molecule has 0 aliphatic carbocycles. The Kier molecular flexibility index (Phi) is 5.16. The third kappa shape index (κ3) is 3.68. The summed E-state index contributed by atoms with van der Waals surface area (Å²) in [6, 6.07) is 20.5. The number of nitrogens with zero attached hydrogens (tertiary/aromatic N) is 2. The quantitative estimate of drug-likeness (QED) is 0.593. The van der Waals surface area contributed by atoms with Gasteiger partial charge in [-0.05, 0) is 35.9 Å². The van der Waals surface area contributed by atoms with Crippen LogP contribution in [0.1, 0.15) is 18.4 Å². The Balaban J connectivity index is 1.44. The Morgan fingerprint density at radius 2 is 1.81 bits per heavy atom. The first-order chi connectivity index (χ1) is 15.0. The second-order valence-corrected chi connectivity index (χ2v) is 9.87. The van der Waals surface area contributed by atoms with Crippen LogP contribution < -0.4 is 4.31 Å². The first-order valence-electron chi connectivity index (χ1n) is 10.5. The van der Waals surface area contributed by atoms with Crippen LogP contribution in [0.5, 0.6) is 0 Å². The number of hydrogen-bond acceptors (Lipinski definition) is 4. The summed E-state index contributed by atoms with van der Waals surface area (Å²) in [7, 11) is -3.77. The molecule has 160 valence electrons. The minimum atomic E-state index is -3.77. The Labute approximate surface area is 182 Å². The van der Waals surface area contributed by atoms with Crippen LogP contribution in [-0.2, 0) is 26.1 Å². The predicted molar refractivity (Wildman–Crippen MR) is 119 cm³/mol. The lowest BCUT2D eigenvalue weighted by Crippen LogP contribution is -2.44. The molecule has 0 saturated carbocycles. The first kappa shape index (κ1) is 20.0. The molecule has 0 bridgehead atoms. The second kappa shape index (κ2) is 7.98. The van der Waals surface area contributed by atoms with Crippen molar-refractivity contribution in [2.75, 3.05) is 24.0 Å². The Morgan fingerprint density at radius 3 is 2.55 bits per heavy atom. The zero-order chi connectivity index (χ0) is 21.4. The summed E-state index contributed by atoms with van der Waals surface area (Å²) in [5, 5.41) is 1.54. The molecule has 0 N–H and O–H groups in total. The summed E-state index contributed by atoms with van der Waals surface area (Å²) in [5.74, 6) is -0.229. The Hall–Kier alpha value is -2.90. The van der Waals surface area contributed by atoms with Crippen LogP contribution in [0.2, 0.25) is 0 Å². The number of benzene rings is 3. The maximum atomic E-state index is 13.4. The molecule has 3 aromatic carbocycles. The van der Waals surface area contributed by atoms with E-state index >= 15 is 0 Å². The van der Waals surface area contributed by atoms with Gasteiger partial charge in [0.15, 0.2) is 0 Å². The van der Waals surface area contributed by atoms with Gasteiger partial charge in [-0.15, -0.1) is 0 Å². The van der Waals surface area contributed by atoms with Crippen LogP contribution in [0.15, 0.2) is 71.6 Å². The van der Waals surface area contributed by atoms with Crippen LogP contribution >= 0.6 is 0 Å². The minimum Gasteiger partial charge on any atom is -0.376 e. The number of hydrogen-bond donors (Lipinski definition) is 0. The summed E-state index contributed by atoms with van der Waals surface area (Å²) in [4.78, 5) is 15.4. The van der Waals surface area contributed by atoms with E-state index in [1.165, 1.54) is 4.31 Å². The number of carbonyl (C=O) groups excluding carboxylic acids is 1. The van der Waals surface area contributed by atoms with Crippen molar-refractivity contribution in [3.05, 3.63) is 72.3 Å². The van der Waals surface area contributed by atoms with Crippen molar-refractivity contribution >= 4 is 32.4 Å². The number of carbonyl (C=O) groups is 1. The highest BCUT2D eigenvalue weighted by molar-refractivity contribution is 7.93. The zero-order valence-corrected chi connectivity index (χ0v) is 17.9. The molecular weight excluding hydrogens is 412 g/mol. The van der Waals surface area contributed by atoms with Crippen molar-refractivity contribution < 1.29 is 17.9 Å². The molecule has 0 radical (unpaired) electrons. The topological polar surface area (TPSA) is 66.9 Å². The highest BCUT2D eigenvalue weighted by Gasteiger charge is 2.37. The van der Waals surface area contributed by atoms with E-state index in [1.54, 1.807) is 23.1 Å². The molecule has 1 fully saturated rings. The monoisotopic (exact) mass is 436 g/mol. The minimum absolute atomic E-state index is 0.0107. The molecule has 2 aliphatic heterocycles. The van der Waals surface area contributed by atoms with E-state index in [-0.39, 0.29) is 23.5 Å². The average molecular weight is 437 g/mol. The summed E-state index contributed by atoms with van der Waals surface area (Å²) in [5.41, 5.74) is 1.57. The largest absolute Gasteiger partial charge is 0.376 e. The summed E-state index contributed by atoms with van der Waals surface area (Å²) in [6.45, 7) is 1.36. The van der Waals surface area contributed by atoms with Gasteiger partial charge in [0, 0.05) is 25.1 Å². The van der Waals surface area contributed by atoms with Crippen molar-refractivity contribution in [1.29, 1.82) is 0 Å². The molecule has 7 heteroatoms. The maximum Gasteiger partial charge on any atom is 0.265 e. The molecular formula is C24H24N2O4S. The normalized spacial score (nSPS) is 19.1. The third-order valence-corrected chi connectivity index (χ3v) is 7.78. The molecule has 3 aromatic rings. The smallest absolute Gasteiger partial charge is 0.265 e. The molecule has 1 amide bonds. The van der Waals surface area contributed by atoms with E-state index < -0.39 is 10.0 Å². The van der Waals surface area contributed by atoms with Crippen molar-refractivity contribution in [2.45, 2.75) is 30.4 Å². The fourth-order valence-electron chi connectivity index (χ4n) is 4.44. The fourth-order valence-corrected chi connectivity index (χ4v) is 6.10. The van der Waals surface area contributed by atoms with Gasteiger partial charge in [-0.2, -0.15) is 0 Å². The van der Waals surface area contributed by atoms with Gasteiger partial charge in [0.1, 0.15) is 6.54 Å². The van der Waals surface area contributed by atoms with Crippen molar-refractivity contribution in [2.24, 2.45) is 0 Å². The molecule has 0 spiro atoms. The molecule has 0 aromatic heterocycles. The van der Waals surface area contributed by atoms with Crippen LogP contribution in [0.4, 0.5) is 5.69 Å². The van der Waals surface area contributed by atoms with Crippen LogP contribution in [-0.4, -0.2) is 45.0 Å². The summed E-state index contributed by atoms with van der Waals surface area (Å²) < 4.78 is 33.5. The molecule has 1 atom stereocenters. The van der Waals surface area contributed by atoms with Gasteiger partial charge < -0.3 is 9.64 Å². The lowest BCUT2D eigenvalue weighted by molar-refractivity contribution is -0.131. The molecule has 1 unspecified atom stereocenters. The molecule has 6 nitrogen and oxygen atoms in total. The number of sulfonamides is 1. The molecule has 31 heavy (non-hydrogen) atoms. The van der Waals surface area contributed by atoms with Gasteiger partial charge in [0.05, 0.1) is 16.7 Å². The molecule has 5 rings (SSSR count). The van der Waals surface area contributed by atoms with E-state index in [0.29, 0.717) is 30.8 Å². The van der Waals surface area contributed by atoms with Crippen molar-refractivity contribution in [1.82, 2.24) is 4.90 Å². The lowest BCUT2D eigenvalue weighted by Gasteiger charge is -2.28. The lowest BCUT2D eigenvalue weighted by atomic mass is 10.1. The highest BCUT2D eigenvalue weighted by Crippen LogP contribution is 2.41. The van der Waals surface area contributed by atoms with Gasteiger partial charge in [0.25, 0.3) is 10.0 Å². The SMILES string of the molecule is O=C(CN1c2cccc3cccc(c23)S1(=O)=O)N(Cc1ccccc1)CC1CCCO1. The van der Waals surface area contributed by atoms with Gasteiger partial charge in [-0.1, -0.05) is 54.6 Å². The number of amides is 1. The van der Waals surface area contributed by atoms with Gasteiger partial charge in [0.2, 0.25) is 5.91 Å². The van der Waals surface area contributed by atoms with E-state index in [2.05, 4.69) is 0 Å². The van der Waals surface area contributed by atoms with E-state index in [0.717, 1.165) is 23.8 Å². The summed E-state index contributed by atoms with van der Waals surface area (Å²) in [6.07, 6.45) is 1.88. The standard InChI is InChI=1S/C24H24N2O4S/c27-23(25(16-20-11-6-14-30-20)15-18-7-2-1-3-8-18)17-26-21-12-4-9-19-10-5-13-22(24(19)21)31(26,28)29/h1-5,7-10,12-13,20H,6,11,14-17H2. The highest BCUT2D eigenvalue weighted by atomic mass is 32.2. The molecule has 2 aliphatic rings. The Morgan fingerprint density at radius 1 is 1.03 bits per heavy atom. The average Bonchev–Trinajstić information content (AvgIpc) is 3.36. The second-order valence-electron chi connectivity index (χ2n) is 8.04. The maximum absolute atomic E-state index is 13.4. The fraction of sp³-hybridized carbons (Fsp3) is 0.292. The summed E-state index contributed by atoms with van der Waals surface area (Å²) >= 11 is 0. The first-order valence-corrected chi connectivity index (χ1v) is 12.0. The van der Waals surface area contributed by atoms with Gasteiger partial charge >= 0.3 is 0 Å². The van der Waals surface area contributed by atoms with Gasteiger partial charge in [-0.25, -0.2) is 8.42 Å². The van der Waals surface area contributed by atoms with E-state index in [1.807, 2.05) is 48.5 Å². The number of anilines is 1. The molecule has 1 saturated heterocycles. The van der Waals surface area contributed by atoms with Crippen LogP contribution in [0.25, 0.3) is 10.8 Å². The zero-order valence-electron chi connectivity index (χ0n) is 17.1. The van der Waals surface area contributed by atoms with Gasteiger partial charge in [-0.3, -0.25) is 9.10 Å². The predicted octanol–water partition coefficient (Wildman–Crippen LogP) is 3.56. The third-order valence-electron chi connectivity index (χ3n) is 5.98. The van der Waals surface area contributed by atoms with Crippen LogP contribution in [0, 0.1) is 0 Å². The Bertz CT molecular complexity index is 1220.